The fourth-order valence-electron chi connectivity index (χ4n) is 2.34. The summed E-state index contributed by atoms with van der Waals surface area (Å²) in [6.07, 6.45) is 1.01. The summed E-state index contributed by atoms with van der Waals surface area (Å²) in [5.41, 5.74) is 2.29. The molecule has 0 saturated carbocycles. The van der Waals surface area contributed by atoms with E-state index in [0.717, 1.165) is 38.2 Å². The summed E-state index contributed by atoms with van der Waals surface area (Å²) in [6.45, 7) is 0.734. The maximum absolute atomic E-state index is 10.4. The van der Waals surface area contributed by atoms with Crippen molar-refractivity contribution in [2.45, 2.75) is 18.9 Å². The lowest BCUT2D eigenvalue weighted by Crippen LogP contribution is -2.02. The molecule has 2 heterocycles. The highest BCUT2D eigenvalue weighted by atomic mass is 79.9. The number of hydrogen-bond acceptors (Lipinski definition) is 3. The summed E-state index contributed by atoms with van der Waals surface area (Å²) >= 11 is 8.56. The van der Waals surface area contributed by atoms with Crippen LogP contribution in [-0.2, 0) is 12.8 Å². The van der Waals surface area contributed by atoms with Crippen molar-refractivity contribution in [3.63, 3.8) is 0 Å². The Labute approximate surface area is 132 Å². The molecule has 1 unspecified atom stereocenters. The molecule has 0 bridgehead atoms. The van der Waals surface area contributed by atoms with Crippen LogP contribution in [0.4, 0.5) is 0 Å². The van der Waals surface area contributed by atoms with Crippen LogP contribution in [0.3, 0.4) is 0 Å². The van der Waals surface area contributed by atoms with Gasteiger partial charge >= 0.3 is 0 Å². The minimum absolute atomic E-state index is 0.503. The van der Waals surface area contributed by atoms with E-state index in [9.17, 15) is 5.11 Å². The Hall–Kier alpha value is -0.360. The molecule has 2 nitrogen and oxygen atoms in total. The third kappa shape index (κ3) is 2.75. The van der Waals surface area contributed by atoms with Crippen LogP contribution >= 0.6 is 43.2 Å². The van der Waals surface area contributed by atoms with E-state index in [1.54, 1.807) is 11.3 Å². The van der Waals surface area contributed by atoms with E-state index in [4.69, 9.17) is 4.74 Å². The molecule has 1 atom stereocenters. The average molecular weight is 404 g/mol. The number of hydrogen-bond donors (Lipinski definition) is 1. The van der Waals surface area contributed by atoms with Crippen molar-refractivity contribution >= 4 is 43.2 Å². The second-order valence-electron chi connectivity index (χ2n) is 4.50. The van der Waals surface area contributed by atoms with E-state index < -0.39 is 6.10 Å². The van der Waals surface area contributed by atoms with Crippen LogP contribution in [0.2, 0.25) is 0 Å². The van der Waals surface area contributed by atoms with Crippen molar-refractivity contribution in [2.75, 3.05) is 6.61 Å². The van der Waals surface area contributed by atoms with E-state index in [-0.39, 0.29) is 0 Å². The van der Waals surface area contributed by atoms with Crippen molar-refractivity contribution in [2.24, 2.45) is 0 Å². The van der Waals surface area contributed by atoms with Gasteiger partial charge in [-0.3, -0.25) is 0 Å². The molecule has 0 radical (unpaired) electrons. The number of thiophene rings is 1. The van der Waals surface area contributed by atoms with Crippen molar-refractivity contribution in [3.05, 3.63) is 48.5 Å². The molecule has 1 N–H and O–H groups in total. The van der Waals surface area contributed by atoms with Gasteiger partial charge in [0.2, 0.25) is 0 Å². The van der Waals surface area contributed by atoms with Gasteiger partial charge in [-0.25, -0.2) is 0 Å². The summed E-state index contributed by atoms with van der Waals surface area (Å²) in [5, 5.41) is 12.4. The smallest absolute Gasteiger partial charge is 0.125 e. The monoisotopic (exact) mass is 402 g/mol. The summed E-state index contributed by atoms with van der Waals surface area (Å²) in [4.78, 5) is 0.965. The molecule has 5 heteroatoms. The zero-order chi connectivity index (χ0) is 13.4. The summed E-state index contributed by atoms with van der Waals surface area (Å²) < 4.78 is 7.71. The lowest BCUT2D eigenvalue weighted by Gasteiger charge is -2.13. The van der Waals surface area contributed by atoms with Gasteiger partial charge < -0.3 is 9.84 Å². The number of rotatable bonds is 3. The standard InChI is InChI=1S/C14H12Br2O2S/c15-10-5-8-1-3-18-13(8)9(6-10)7-12(17)14-11(16)2-4-19-14/h2,4-6,12,17H,1,3,7H2. The number of benzene rings is 1. The van der Waals surface area contributed by atoms with Crippen molar-refractivity contribution in [1.29, 1.82) is 0 Å². The highest BCUT2D eigenvalue weighted by molar-refractivity contribution is 9.10. The highest BCUT2D eigenvalue weighted by Gasteiger charge is 2.21. The minimum atomic E-state index is -0.503. The maximum atomic E-state index is 10.4. The van der Waals surface area contributed by atoms with Gasteiger partial charge in [0.25, 0.3) is 0 Å². The van der Waals surface area contributed by atoms with Crippen molar-refractivity contribution in [3.8, 4) is 5.75 Å². The SMILES string of the molecule is OC(Cc1cc(Br)cc2c1OCC2)c1sccc1Br. The highest BCUT2D eigenvalue weighted by Crippen LogP contribution is 2.37. The summed E-state index contributed by atoms with van der Waals surface area (Å²) in [7, 11) is 0. The Balaban J connectivity index is 1.90. The van der Waals surface area contributed by atoms with Gasteiger partial charge in [-0.05, 0) is 50.6 Å². The number of ether oxygens (including phenoxy) is 1. The molecule has 0 amide bonds. The van der Waals surface area contributed by atoms with Crippen LogP contribution < -0.4 is 4.74 Å². The predicted molar refractivity (Wildman–Crippen MR) is 84.0 cm³/mol. The van der Waals surface area contributed by atoms with Crippen LogP contribution in [0.5, 0.6) is 5.75 Å². The van der Waals surface area contributed by atoms with Gasteiger partial charge in [0.1, 0.15) is 5.75 Å². The third-order valence-electron chi connectivity index (χ3n) is 3.19. The normalized spacial score (nSPS) is 15.1. The van der Waals surface area contributed by atoms with E-state index in [1.165, 1.54) is 5.56 Å². The van der Waals surface area contributed by atoms with Gasteiger partial charge in [0, 0.05) is 26.7 Å². The molecule has 1 aliphatic rings. The Kier molecular flexibility index (Phi) is 3.98. The quantitative estimate of drug-likeness (QED) is 0.818. The largest absolute Gasteiger partial charge is 0.493 e. The van der Waals surface area contributed by atoms with Gasteiger partial charge in [0.05, 0.1) is 12.7 Å². The fraction of sp³-hybridized carbons (Fsp3) is 0.286. The Morgan fingerprint density at radius 1 is 1.37 bits per heavy atom. The van der Waals surface area contributed by atoms with Gasteiger partial charge in [0.15, 0.2) is 0 Å². The number of aliphatic hydroxyl groups is 1. The molecule has 0 aliphatic carbocycles. The minimum Gasteiger partial charge on any atom is -0.493 e. The second kappa shape index (κ2) is 5.56. The zero-order valence-electron chi connectivity index (χ0n) is 10.0. The van der Waals surface area contributed by atoms with Gasteiger partial charge in [-0.15, -0.1) is 11.3 Å². The number of fused-ring (bicyclic) bond motifs is 1. The molecular weight excluding hydrogens is 392 g/mol. The van der Waals surface area contributed by atoms with Gasteiger partial charge in [-0.2, -0.15) is 0 Å². The Morgan fingerprint density at radius 3 is 2.95 bits per heavy atom. The van der Waals surface area contributed by atoms with E-state index in [1.807, 2.05) is 17.5 Å². The first-order chi connectivity index (χ1) is 9.15. The fourth-order valence-corrected chi connectivity index (χ4v) is 4.52. The molecule has 1 aliphatic heterocycles. The lowest BCUT2D eigenvalue weighted by atomic mass is 10.0. The molecule has 0 spiro atoms. The number of halogens is 2. The van der Waals surface area contributed by atoms with Crippen molar-refractivity contribution in [1.82, 2.24) is 0 Å². The van der Waals surface area contributed by atoms with Gasteiger partial charge in [-0.1, -0.05) is 15.9 Å². The van der Waals surface area contributed by atoms with Crippen molar-refractivity contribution < 1.29 is 9.84 Å². The zero-order valence-corrected chi connectivity index (χ0v) is 14.0. The van der Waals surface area contributed by atoms with Crippen LogP contribution in [0.15, 0.2) is 32.5 Å². The van der Waals surface area contributed by atoms with E-state index in [0.29, 0.717) is 6.42 Å². The molecule has 0 fully saturated rings. The first kappa shape index (κ1) is 13.6. The first-order valence-electron chi connectivity index (χ1n) is 6.00. The van der Waals surface area contributed by atoms with Crippen LogP contribution in [0, 0.1) is 0 Å². The Morgan fingerprint density at radius 2 is 2.21 bits per heavy atom. The molecule has 19 heavy (non-hydrogen) atoms. The predicted octanol–water partition coefficient (Wildman–Crippen LogP) is 4.48. The molecule has 2 aromatic rings. The topological polar surface area (TPSA) is 29.5 Å². The summed E-state index contributed by atoms with van der Waals surface area (Å²) in [5.74, 6) is 0.954. The van der Waals surface area contributed by atoms with Crippen LogP contribution in [0.1, 0.15) is 22.1 Å². The molecule has 0 saturated heterocycles. The summed E-state index contributed by atoms with van der Waals surface area (Å²) in [6, 6.07) is 6.10. The lowest BCUT2D eigenvalue weighted by molar-refractivity contribution is 0.180. The molecule has 1 aromatic carbocycles. The van der Waals surface area contributed by atoms with E-state index >= 15 is 0 Å². The van der Waals surface area contributed by atoms with Crippen LogP contribution in [0.25, 0.3) is 0 Å². The second-order valence-corrected chi connectivity index (χ2v) is 7.22. The third-order valence-corrected chi connectivity index (χ3v) is 5.62. The average Bonchev–Trinajstić information content (AvgIpc) is 2.97. The first-order valence-corrected chi connectivity index (χ1v) is 8.47. The number of aliphatic hydroxyl groups excluding tert-OH is 1. The molecule has 1 aromatic heterocycles. The molecule has 3 rings (SSSR count). The van der Waals surface area contributed by atoms with Crippen LogP contribution in [-0.4, -0.2) is 11.7 Å². The molecular formula is C14H12Br2O2S. The Bertz CT molecular complexity index is 609. The molecule has 100 valence electrons. The van der Waals surface area contributed by atoms with E-state index in [2.05, 4.69) is 37.9 Å². The maximum Gasteiger partial charge on any atom is 0.125 e.